The molecule has 0 spiro atoms. The van der Waals surface area contributed by atoms with Gasteiger partial charge in [-0.2, -0.15) is 18.2 Å². The lowest BCUT2D eigenvalue weighted by Crippen LogP contribution is -2.28. The fourth-order valence-electron chi connectivity index (χ4n) is 1.54. The van der Waals surface area contributed by atoms with Crippen molar-refractivity contribution in [1.29, 1.82) is 0 Å². The van der Waals surface area contributed by atoms with Crippen LogP contribution in [0.2, 0.25) is 0 Å². The molecule has 4 nitrogen and oxygen atoms in total. The predicted molar refractivity (Wildman–Crippen MR) is 55.1 cm³/mol. The van der Waals surface area contributed by atoms with Crippen molar-refractivity contribution in [2.75, 3.05) is 0 Å². The SMILES string of the molecule is CC(C)(C)CC(N)Cc1nc(C(F)(F)F)no1. The highest BCUT2D eigenvalue weighted by atomic mass is 19.4. The zero-order valence-electron chi connectivity index (χ0n) is 10.0. The molecular formula is C10H16F3N3O. The molecular weight excluding hydrogens is 235 g/mol. The molecule has 0 aliphatic heterocycles. The minimum absolute atomic E-state index is 0.00625. The molecule has 0 radical (unpaired) electrons. The van der Waals surface area contributed by atoms with E-state index in [-0.39, 0.29) is 23.8 Å². The first-order valence-corrected chi connectivity index (χ1v) is 5.23. The molecule has 1 aromatic heterocycles. The second kappa shape index (κ2) is 4.64. The van der Waals surface area contributed by atoms with Crippen LogP contribution < -0.4 is 5.73 Å². The van der Waals surface area contributed by atoms with E-state index in [9.17, 15) is 13.2 Å². The number of nitrogens with two attached hydrogens (primary N) is 1. The van der Waals surface area contributed by atoms with E-state index >= 15 is 0 Å². The summed E-state index contributed by atoms with van der Waals surface area (Å²) in [6.45, 7) is 6.01. The van der Waals surface area contributed by atoms with Gasteiger partial charge >= 0.3 is 6.18 Å². The lowest BCUT2D eigenvalue weighted by atomic mass is 9.87. The van der Waals surface area contributed by atoms with Gasteiger partial charge in [-0.1, -0.05) is 25.9 Å². The van der Waals surface area contributed by atoms with Gasteiger partial charge in [-0.3, -0.25) is 0 Å². The smallest absolute Gasteiger partial charge is 0.339 e. The van der Waals surface area contributed by atoms with Gasteiger partial charge in [0.25, 0.3) is 5.82 Å². The van der Waals surface area contributed by atoms with Crippen molar-refractivity contribution in [1.82, 2.24) is 10.1 Å². The monoisotopic (exact) mass is 251 g/mol. The molecule has 1 rings (SSSR count). The summed E-state index contributed by atoms with van der Waals surface area (Å²) in [7, 11) is 0. The van der Waals surface area contributed by atoms with Gasteiger partial charge in [-0.15, -0.1) is 0 Å². The molecule has 0 saturated heterocycles. The minimum Gasteiger partial charge on any atom is -0.339 e. The summed E-state index contributed by atoms with van der Waals surface area (Å²) in [6, 6.07) is -0.295. The number of alkyl halides is 3. The van der Waals surface area contributed by atoms with Crippen molar-refractivity contribution in [3.8, 4) is 0 Å². The zero-order valence-corrected chi connectivity index (χ0v) is 10.0. The summed E-state index contributed by atoms with van der Waals surface area (Å²) < 4.78 is 41.1. The van der Waals surface area contributed by atoms with Crippen LogP contribution in [0.1, 0.15) is 38.9 Å². The molecule has 2 N–H and O–H groups in total. The van der Waals surface area contributed by atoms with Gasteiger partial charge in [0.15, 0.2) is 0 Å². The van der Waals surface area contributed by atoms with E-state index in [1.165, 1.54) is 0 Å². The van der Waals surface area contributed by atoms with Crippen LogP contribution in [0.4, 0.5) is 13.2 Å². The molecule has 1 atom stereocenters. The summed E-state index contributed by atoms with van der Waals surface area (Å²) in [5, 5.41) is 2.87. The van der Waals surface area contributed by atoms with Crippen LogP contribution >= 0.6 is 0 Å². The van der Waals surface area contributed by atoms with E-state index in [2.05, 4.69) is 14.7 Å². The summed E-state index contributed by atoms with van der Waals surface area (Å²) >= 11 is 0. The number of rotatable bonds is 3. The molecule has 0 amide bonds. The Hall–Kier alpha value is -1.11. The highest BCUT2D eigenvalue weighted by Gasteiger charge is 2.37. The van der Waals surface area contributed by atoms with E-state index in [0.717, 1.165) is 0 Å². The van der Waals surface area contributed by atoms with Crippen LogP contribution in [0.5, 0.6) is 0 Å². The summed E-state index contributed by atoms with van der Waals surface area (Å²) in [5.74, 6) is -1.33. The van der Waals surface area contributed by atoms with Crippen molar-refractivity contribution in [3.63, 3.8) is 0 Å². The third kappa shape index (κ3) is 4.72. The van der Waals surface area contributed by atoms with Crippen LogP contribution in [0, 0.1) is 5.41 Å². The normalized spacial score (nSPS) is 15.0. The van der Waals surface area contributed by atoms with Gasteiger partial charge in [0.1, 0.15) is 0 Å². The summed E-state index contributed by atoms with van der Waals surface area (Å²) in [6.07, 6.45) is -3.76. The maximum atomic E-state index is 12.2. The van der Waals surface area contributed by atoms with E-state index in [0.29, 0.717) is 6.42 Å². The lowest BCUT2D eigenvalue weighted by Gasteiger charge is -2.21. The van der Waals surface area contributed by atoms with Crippen molar-refractivity contribution in [2.45, 2.75) is 45.8 Å². The van der Waals surface area contributed by atoms with E-state index in [1.54, 1.807) is 0 Å². The average Bonchev–Trinajstić information content (AvgIpc) is 2.47. The number of aromatic nitrogens is 2. The number of nitrogens with zero attached hydrogens (tertiary/aromatic N) is 2. The highest BCUT2D eigenvalue weighted by Crippen LogP contribution is 2.27. The van der Waals surface area contributed by atoms with Crippen molar-refractivity contribution in [3.05, 3.63) is 11.7 Å². The van der Waals surface area contributed by atoms with Crippen LogP contribution in [0.15, 0.2) is 4.52 Å². The van der Waals surface area contributed by atoms with E-state index < -0.39 is 12.0 Å². The van der Waals surface area contributed by atoms with Gasteiger partial charge in [0.05, 0.1) is 0 Å². The van der Waals surface area contributed by atoms with Gasteiger partial charge < -0.3 is 10.3 Å². The Bertz CT molecular complexity index is 368. The van der Waals surface area contributed by atoms with Crippen LogP contribution in [0.25, 0.3) is 0 Å². The number of hydrogen-bond donors (Lipinski definition) is 1. The highest BCUT2D eigenvalue weighted by molar-refractivity contribution is 4.93. The van der Waals surface area contributed by atoms with Crippen molar-refractivity contribution in [2.24, 2.45) is 11.1 Å². The molecule has 98 valence electrons. The molecule has 1 heterocycles. The fourth-order valence-corrected chi connectivity index (χ4v) is 1.54. The Balaban J connectivity index is 2.61. The quantitative estimate of drug-likeness (QED) is 0.895. The Labute approximate surface area is 97.4 Å². The Morgan fingerprint density at radius 3 is 2.29 bits per heavy atom. The molecule has 0 aromatic carbocycles. The van der Waals surface area contributed by atoms with Crippen LogP contribution in [-0.4, -0.2) is 16.2 Å². The first kappa shape index (κ1) is 14.0. The van der Waals surface area contributed by atoms with Crippen LogP contribution in [0.3, 0.4) is 0 Å². The molecule has 7 heteroatoms. The second-order valence-corrected chi connectivity index (χ2v) is 5.24. The fraction of sp³-hybridized carbons (Fsp3) is 0.800. The number of halogens is 3. The second-order valence-electron chi connectivity index (χ2n) is 5.24. The van der Waals surface area contributed by atoms with Crippen LogP contribution in [-0.2, 0) is 12.6 Å². The Kier molecular flexibility index (Phi) is 3.81. The summed E-state index contributed by atoms with van der Waals surface area (Å²) in [5.41, 5.74) is 5.81. The molecule has 0 bridgehead atoms. The molecule has 0 saturated carbocycles. The van der Waals surface area contributed by atoms with Gasteiger partial charge in [0, 0.05) is 12.5 Å². The largest absolute Gasteiger partial charge is 0.455 e. The number of hydrogen-bond acceptors (Lipinski definition) is 4. The third-order valence-electron chi connectivity index (χ3n) is 2.03. The molecule has 1 aromatic rings. The third-order valence-corrected chi connectivity index (χ3v) is 2.03. The van der Waals surface area contributed by atoms with Gasteiger partial charge in [-0.25, -0.2) is 0 Å². The Morgan fingerprint density at radius 2 is 1.88 bits per heavy atom. The molecule has 0 aliphatic carbocycles. The maximum Gasteiger partial charge on any atom is 0.455 e. The average molecular weight is 251 g/mol. The van der Waals surface area contributed by atoms with Gasteiger partial charge in [-0.05, 0) is 11.8 Å². The van der Waals surface area contributed by atoms with Crippen molar-refractivity contribution < 1.29 is 17.7 Å². The molecule has 0 aliphatic rings. The summed E-state index contributed by atoms with van der Waals surface area (Å²) in [4.78, 5) is 3.27. The zero-order chi connectivity index (χ0) is 13.3. The van der Waals surface area contributed by atoms with Gasteiger partial charge in [0.2, 0.25) is 5.89 Å². The maximum absolute atomic E-state index is 12.2. The minimum atomic E-state index is -4.57. The standard InChI is InChI=1S/C10H16F3N3O/c1-9(2,3)5-6(14)4-7-15-8(16-17-7)10(11,12)13/h6H,4-5,14H2,1-3H3. The lowest BCUT2D eigenvalue weighted by molar-refractivity contribution is -0.146. The first-order valence-electron chi connectivity index (χ1n) is 5.23. The Morgan fingerprint density at radius 1 is 1.29 bits per heavy atom. The topological polar surface area (TPSA) is 64.9 Å². The molecule has 1 unspecified atom stereocenters. The van der Waals surface area contributed by atoms with E-state index in [4.69, 9.17) is 5.73 Å². The first-order chi connectivity index (χ1) is 7.58. The predicted octanol–water partition coefficient (Wildman–Crippen LogP) is 2.39. The van der Waals surface area contributed by atoms with E-state index in [1.807, 2.05) is 20.8 Å². The molecule has 0 fully saturated rings. The molecule has 17 heavy (non-hydrogen) atoms. The van der Waals surface area contributed by atoms with Crippen molar-refractivity contribution >= 4 is 0 Å².